The van der Waals surface area contributed by atoms with Crippen molar-refractivity contribution in [2.45, 2.75) is 31.7 Å². The summed E-state index contributed by atoms with van der Waals surface area (Å²) in [6.07, 6.45) is -0.915. The molecule has 0 amide bonds. The highest BCUT2D eigenvalue weighted by Crippen LogP contribution is 2.38. The number of phenolic OH excluding ortho intramolecular Hbond substituents is 1. The molecule has 1 saturated heterocycles. The van der Waals surface area contributed by atoms with Gasteiger partial charge in [-0.2, -0.15) is 13.2 Å². The number of nitrogens with zero attached hydrogens (tertiary/aromatic N) is 5. The molecule has 3 aromatic rings. The minimum atomic E-state index is -4.57. The number of alkyl halides is 3. The zero-order valence-corrected chi connectivity index (χ0v) is 15.7. The first kappa shape index (κ1) is 19.6. The molecule has 1 aromatic carbocycles. The Bertz CT molecular complexity index is 1050. The summed E-state index contributed by atoms with van der Waals surface area (Å²) in [7, 11) is 2.04. The van der Waals surface area contributed by atoms with Crippen LogP contribution in [0.1, 0.15) is 30.0 Å². The van der Waals surface area contributed by atoms with Crippen LogP contribution in [0.3, 0.4) is 0 Å². The lowest BCUT2D eigenvalue weighted by atomic mass is 10.0. The first-order valence-corrected chi connectivity index (χ1v) is 9.21. The summed E-state index contributed by atoms with van der Waals surface area (Å²) in [5.41, 5.74) is 0.437. The topological polar surface area (TPSA) is 87.3 Å². The van der Waals surface area contributed by atoms with Crippen LogP contribution in [0.15, 0.2) is 24.5 Å². The second-order valence-electron chi connectivity index (χ2n) is 7.30. The van der Waals surface area contributed by atoms with Crippen LogP contribution in [-0.4, -0.2) is 55.0 Å². The summed E-state index contributed by atoms with van der Waals surface area (Å²) in [6.45, 7) is 1.42. The number of hydrogen-bond donors (Lipinski definition) is 2. The van der Waals surface area contributed by atoms with E-state index in [-0.39, 0.29) is 17.3 Å². The van der Waals surface area contributed by atoms with E-state index in [0.717, 1.165) is 38.1 Å². The van der Waals surface area contributed by atoms with Crippen molar-refractivity contribution in [3.05, 3.63) is 35.7 Å². The number of hydrogen-bond acceptors (Lipinski definition) is 6. The molecule has 2 N–H and O–H groups in total. The first-order chi connectivity index (χ1) is 13.8. The molecule has 10 heteroatoms. The zero-order valence-electron chi connectivity index (χ0n) is 15.7. The Morgan fingerprint density at radius 2 is 2.03 bits per heavy atom. The monoisotopic (exact) mass is 407 g/mol. The summed E-state index contributed by atoms with van der Waals surface area (Å²) in [6, 6.07) is 2.79. The molecule has 29 heavy (non-hydrogen) atoms. The maximum absolute atomic E-state index is 12.9. The average Bonchev–Trinajstić information content (AvgIpc) is 3.10. The third kappa shape index (κ3) is 3.53. The second kappa shape index (κ2) is 7.27. The van der Waals surface area contributed by atoms with E-state index in [9.17, 15) is 23.4 Å². The number of rotatable bonds is 3. The van der Waals surface area contributed by atoms with Gasteiger partial charge in [0.25, 0.3) is 0 Å². The Labute approximate surface area is 164 Å². The van der Waals surface area contributed by atoms with Crippen molar-refractivity contribution in [2.75, 3.05) is 20.1 Å². The van der Waals surface area contributed by atoms with Gasteiger partial charge in [-0.1, -0.05) is 0 Å². The fourth-order valence-corrected chi connectivity index (χ4v) is 3.84. The molecule has 0 radical (unpaired) electrons. The molecule has 0 spiro atoms. The fraction of sp³-hybridized carbons (Fsp3) is 0.421. The van der Waals surface area contributed by atoms with Crippen LogP contribution >= 0.6 is 0 Å². The number of likely N-dealkylation sites (N-methyl/N-ethyl adjacent to an activating group) is 1. The molecule has 2 aromatic heterocycles. The quantitative estimate of drug-likeness (QED) is 0.694. The van der Waals surface area contributed by atoms with E-state index in [0.29, 0.717) is 22.8 Å². The van der Waals surface area contributed by atoms with Crippen LogP contribution in [0.2, 0.25) is 0 Å². The van der Waals surface area contributed by atoms with E-state index in [2.05, 4.69) is 20.1 Å². The van der Waals surface area contributed by atoms with Crippen LogP contribution in [0.4, 0.5) is 13.2 Å². The normalized spacial score (nSPS) is 18.4. The summed E-state index contributed by atoms with van der Waals surface area (Å²) in [5.74, 6) is -0.587. The Balaban J connectivity index is 1.79. The highest BCUT2D eigenvalue weighted by atomic mass is 19.4. The maximum atomic E-state index is 12.9. The summed E-state index contributed by atoms with van der Waals surface area (Å²) >= 11 is 0. The van der Waals surface area contributed by atoms with E-state index in [1.807, 2.05) is 11.6 Å². The van der Waals surface area contributed by atoms with Gasteiger partial charge < -0.3 is 19.7 Å². The molecule has 0 saturated carbocycles. The number of aromatic hydroxyl groups is 1. The molecule has 154 valence electrons. The molecule has 3 heterocycles. The van der Waals surface area contributed by atoms with Crippen molar-refractivity contribution in [1.29, 1.82) is 0 Å². The minimum Gasteiger partial charge on any atom is -0.507 e. The molecule has 1 fully saturated rings. The van der Waals surface area contributed by atoms with Crippen LogP contribution in [-0.2, 0) is 12.8 Å². The standard InChI is InChI=1S/C19H20F3N5O2/c1-26-6-2-3-12(8-26)27-10-23-17-14(9-28)16(24-25-18(17)27)13-5-4-11(7-15(13)29)19(20,21)22/h4-5,7,10,12,28-29H,2-3,6,8-9H2,1H3. The number of benzene rings is 1. The van der Waals surface area contributed by atoms with Crippen LogP contribution in [0.5, 0.6) is 5.75 Å². The highest BCUT2D eigenvalue weighted by Gasteiger charge is 2.32. The molecule has 0 bridgehead atoms. The number of imidazole rings is 1. The number of piperidine rings is 1. The van der Waals surface area contributed by atoms with E-state index >= 15 is 0 Å². The van der Waals surface area contributed by atoms with Gasteiger partial charge >= 0.3 is 6.18 Å². The van der Waals surface area contributed by atoms with Crippen molar-refractivity contribution < 1.29 is 23.4 Å². The van der Waals surface area contributed by atoms with Gasteiger partial charge in [0.1, 0.15) is 17.0 Å². The van der Waals surface area contributed by atoms with Gasteiger partial charge in [0, 0.05) is 23.7 Å². The van der Waals surface area contributed by atoms with Crippen LogP contribution < -0.4 is 0 Å². The van der Waals surface area contributed by atoms with E-state index in [1.165, 1.54) is 0 Å². The number of fused-ring (bicyclic) bond motifs is 1. The Morgan fingerprint density at radius 3 is 2.69 bits per heavy atom. The molecule has 1 aliphatic heterocycles. The van der Waals surface area contributed by atoms with Crippen molar-refractivity contribution >= 4 is 11.2 Å². The highest BCUT2D eigenvalue weighted by molar-refractivity contribution is 5.83. The number of aromatic nitrogens is 4. The molecule has 1 atom stereocenters. The number of likely N-dealkylation sites (tertiary alicyclic amines) is 1. The molecule has 1 unspecified atom stereocenters. The predicted octanol–water partition coefficient (Wildman–Crippen LogP) is 2.98. The molecule has 7 nitrogen and oxygen atoms in total. The minimum absolute atomic E-state index is 0.0587. The van der Waals surface area contributed by atoms with Crippen LogP contribution in [0.25, 0.3) is 22.4 Å². The fourth-order valence-electron chi connectivity index (χ4n) is 3.84. The number of phenols is 1. The van der Waals surface area contributed by atoms with Gasteiger partial charge in [-0.3, -0.25) is 0 Å². The van der Waals surface area contributed by atoms with E-state index < -0.39 is 24.1 Å². The molecule has 1 aliphatic rings. The second-order valence-corrected chi connectivity index (χ2v) is 7.30. The van der Waals surface area contributed by atoms with Gasteiger partial charge in [0.05, 0.1) is 18.5 Å². The average molecular weight is 407 g/mol. The van der Waals surface area contributed by atoms with Crippen molar-refractivity contribution in [3.8, 4) is 17.0 Å². The predicted molar refractivity (Wildman–Crippen MR) is 99.1 cm³/mol. The third-order valence-electron chi connectivity index (χ3n) is 5.32. The maximum Gasteiger partial charge on any atom is 0.416 e. The van der Waals surface area contributed by atoms with Crippen molar-refractivity contribution in [2.24, 2.45) is 0 Å². The lowest BCUT2D eigenvalue weighted by Crippen LogP contribution is -2.33. The zero-order chi connectivity index (χ0) is 20.8. The first-order valence-electron chi connectivity index (χ1n) is 9.21. The van der Waals surface area contributed by atoms with E-state index in [4.69, 9.17) is 0 Å². The Hall–Kier alpha value is -2.72. The smallest absolute Gasteiger partial charge is 0.416 e. The number of aliphatic hydroxyl groups is 1. The van der Waals surface area contributed by atoms with Crippen molar-refractivity contribution in [3.63, 3.8) is 0 Å². The van der Waals surface area contributed by atoms with Gasteiger partial charge in [-0.25, -0.2) is 4.98 Å². The molecular weight excluding hydrogens is 387 g/mol. The third-order valence-corrected chi connectivity index (χ3v) is 5.32. The summed E-state index contributed by atoms with van der Waals surface area (Å²) < 4.78 is 40.5. The SMILES string of the molecule is CN1CCCC(n2cnc3c(CO)c(-c4ccc(C(F)(F)F)cc4O)nnc32)C1. The largest absolute Gasteiger partial charge is 0.507 e. The molecular formula is C19H20F3N5O2. The summed E-state index contributed by atoms with van der Waals surface area (Å²) in [5, 5.41) is 28.4. The van der Waals surface area contributed by atoms with Gasteiger partial charge in [0.2, 0.25) is 0 Å². The Morgan fingerprint density at radius 1 is 1.24 bits per heavy atom. The van der Waals surface area contributed by atoms with Gasteiger partial charge in [0.15, 0.2) is 5.65 Å². The van der Waals surface area contributed by atoms with E-state index in [1.54, 1.807) is 6.33 Å². The van der Waals surface area contributed by atoms with Gasteiger partial charge in [-0.15, -0.1) is 10.2 Å². The number of aliphatic hydroxyl groups excluding tert-OH is 1. The van der Waals surface area contributed by atoms with Gasteiger partial charge in [-0.05, 0) is 44.6 Å². The number of halogens is 3. The van der Waals surface area contributed by atoms with Crippen molar-refractivity contribution in [1.82, 2.24) is 24.6 Å². The lowest BCUT2D eigenvalue weighted by Gasteiger charge is -2.30. The summed E-state index contributed by atoms with van der Waals surface area (Å²) in [4.78, 5) is 6.60. The molecule has 4 rings (SSSR count). The Kier molecular flexibility index (Phi) is 4.91. The molecule has 0 aliphatic carbocycles. The lowest BCUT2D eigenvalue weighted by molar-refractivity contribution is -0.137. The van der Waals surface area contributed by atoms with Crippen LogP contribution in [0, 0.1) is 0 Å².